The SMILES string of the molecule is CC(C)(C)C(=O)/C=c1\[nH]c(=O)/c(=C\c2cc3ccccc3nc2N2CCOCC2)s1. The predicted octanol–water partition coefficient (Wildman–Crippen LogP) is 2.05. The summed E-state index contributed by atoms with van der Waals surface area (Å²) in [5.41, 5.74) is 1.11. The molecule has 0 amide bonds. The van der Waals surface area contributed by atoms with Gasteiger partial charge in [-0.3, -0.25) is 9.59 Å². The summed E-state index contributed by atoms with van der Waals surface area (Å²) in [7, 11) is 0. The van der Waals surface area contributed by atoms with Gasteiger partial charge in [-0.1, -0.05) is 39.0 Å². The molecule has 1 aromatic carbocycles. The smallest absolute Gasteiger partial charge is 0.266 e. The van der Waals surface area contributed by atoms with E-state index < -0.39 is 5.41 Å². The van der Waals surface area contributed by atoms with Gasteiger partial charge in [-0.15, -0.1) is 11.3 Å². The Hall–Kier alpha value is -2.77. The molecule has 3 heterocycles. The molecule has 2 aromatic heterocycles. The van der Waals surface area contributed by atoms with Gasteiger partial charge in [-0.2, -0.15) is 0 Å². The molecule has 30 heavy (non-hydrogen) atoms. The minimum absolute atomic E-state index is 0.0204. The van der Waals surface area contributed by atoms with Crippen LogP contribution in [0.1, 0.15) is 26.3 Å². The number of benzene rings is 1. The minimum Gasteiger partial charge on any atom is -0.378 e. The second-order valence-electron chi connectivity index (χ2n) is 8.38. The number of rotatable bonds is 3. The molecule has 1 saturated heterocycles. The van der Waals surface area contributed by atoms with E-state index in [1.165, 1.54) is 17.4 Å². The van der Waals surface area contributed by atoms with E-state index in [1.54, 1.807) is 0 Å². The Kier molecular flexibility index (Phi) is 5.58. The first kappa shape index (κ1) is 20.5. The Morgan fingerprint density at radius 3 is 2.70 bits per heavy atom. The van der Waals surface area contributed by atoms with Crippen molar-refractivity contribution < 1.29 is 9.53 Å². The van der Waals surface area contributed by atoms with E-state index in [9.17, 15) is 9.59 Å². The Balaban J connectivity index is 1.85. The van der Waals surface area contributed by atoms with E-state index >= 15 is 0 Å². The number of aromatic nitrogens is 2. The van der Waals surface area contributed by atoms with E-state index in [2.05, 4.69) is 16.0 Å². The van der Waals surface area contributed by atoms with Crippen LogP contribution in [0.25, 0.3) is 23.1 Å². The second-order valence-corrected chi connectivity index (χ2v) is 9.46. The highest BCUT2D eigenvalue weighted by Crippen LogP contribution is 2.25. The Labute approximate surface area is 178 Å². The van der Waals surface area contributed by atoms with Crippen LogP contribution in [0, 0.1) is 5.41 Å². The molecule has 156 valence electrons. The monoisotopic (exact) mass is 423 g/mol. The average molecular weight is 424 g/mol. The number of para-hydroxylation sites is 1. The van der Waals surface area contributed by atoms with E-state index in [0.717, 1.165) is 35.4 Å². The number of ether oxygens (including phenoxy) is 1. The number of aromatic amines is 1. The lowest BCUT2D eigenvalue weighted by atomic mass is 9.91. The maximum Gasteiger partial charge on any atom is 0.266 e. The molecular weight excluding hydrogens is 398 g/mol. The van der Waals surface area contributed by atoms with Gasteiger partial charge < -0.3 is 14.6 Å². The van der Waals surface area contributed by atoms with Crippen LogP contribution in [0.5, 0.6) is 0 Å². The molecule has 3 aromatic rings. The highest BCUT2D eigenvalue weighted by Gasteiger charge is 2.19. The number of H-pyrrole nitrogens is 1. The zero-order valence-electron chi connectivity index (χ0n) is 17.4. The topological polar surface area (TPSA) is 75.3 Å². The number of hydrogen-bond acceptors (Lipinski definition) is 6. The quantitative estimate of drug-likeness (QED) is 0.698. The van der Waals surface area contributed by atoms with Crippen LogP contribution < -0.4 is 19.7 Å². The van der Waals surface area contributed by atoms with Gasteiger partial charge in [0.05, 0.1) is 27.9 Å². The van der Waals surface area contributed by atoms with Crippen LogP contribution in [-0.4, -0.2) is 42.1 Å². The molecule has 7 heteroatoms. The number of hydrogen-bond donors (Lipinski definition) is 1. The summed E-state index contributed by atoms with van der Waals surface area (Å²) in [6.45, 7) is 8.40. The molecule has 0 bridgehead atoms. The average Bonchev–Trinajstić information content (AvgIpc) is 3.06. The zero-order valence-corrected chi connectivity index (χ0v) is 18.2. The summed E-state index contributed by atoms with van der Waals surface area (Å²) >= 11 is 1.29. The fourth-order valence-corrected chi connectivity index (χ4v) is 4.13. The molecule has 0 spiro atoms. The fourth-order valence-electron chi connectivity index (χ4n) is 3.26. The van der Waals surface area contributed by atoms with Crippen molar-refractivity contribution in [2.45, 2.75) is 20.8 Å². The van der Waals surface area contributed by atoms with Crippen LogP contribution in [-0.2, 0) is 9.53 Å². The molecule has 0 atom stereocenters. The number of ketones is 1. The molecule has 0 saturated carbocycles. The van der Waals surface area contributed by atoms with Gasteiger partial charge in [-0.05, 0) is 18.2 Å². The van der Waals surface area contributed by atoms with E-state index in [0.29, 0.717) is 22.4 Å². The molecule has 1 N–H and O–H groups in total. The van der Waals surface area contributed by atoms with Crippen LogP contribution >= 0.6 is 11.3 Å². The Morgan fingerprint density at radius 1 is 1.23 bits per heavy atom. The Morgan fingerprint density at radius 2 is 1.97 bits per heavy atom. The van der Waals surface area contributed by atoms with Crippen molar-refractivity contribution in [2.24, 2.45) is 5.41 Å². The molecule has 1 aliphatic heterocycles. The zero-order chi connectivity index (χ0) is 21.3. The number of thiazole rings is 1. The number of nitrogens with one attached hydrogen (secondary N) is 1. The highest BCUT2D eigenvalue weighted by atomic mass is 32.1. The van der Waals surface area contributed by atoms with E-state index in [1.807, 2.05) is 51.1 Å². The molecular formula is C23H25N3O3S. The summed E-state index contributed by atoms with van der Waals surface area (Å²) in [6, 6.07) is 10.0. The molecule has 1 fully saturated rings. The summed E-state index contributed by atoms with van der Waals surface area (Å²) in [5.74, 6) is 0.828. The standard InChI is InChI=1S/C23H25N3O3S/c1-23(2,3)19(27)14-20-25-22(28)18(30-20)13-16-12-15-6-4-5-7-17(15)24-21(16)26-8-10-29-11-9-26/h4-7,12-14H,8-11H2,1-3H3,(H,25,28)/b18-13+,20-14+. The predicted molar refractivity (Wildman–Crippen MR) is 121 cm³/mol. The largest absolute Gasteiger partial charge is 0.378 e. The number of morpholine rings is 1. The van der Waals surface area contributed by atoms with Crippen molar-refractivity contribution >= 4 is 46.0 Å². The molecule has 1 aliphatic rings. The van der Waals surface area contributed by atoms with E-state index in [-0.39, 0.29) is 11.3 Å². The van der Waals surface area contributed by atoms with Gasteiger partial charge in [0.2, 0.25) is 0 Å². The van der Waals surface area contributed by atoms with Crippen molar-refractivity contribution in [1.82, 2.24) is 9.97 Å². The minimum atomic E-state index is -0.490. The third kappa shape index (κ3) is 4.37. The van der Waals surface area contributed by atoms with Gasteiger partial charge >= 0.3 is 0 Å². The number of Topliss-reactive ketones (excluding diaryl/α,β-unsaturated/α-hetero) is 1. The lowest BCUT2D eigenvalue weighted by Crippen LogP contribution is -2.37. The van der Waals surface area contributed by atoms with Crippen LogP contribution in [0.2, 0.25) is 0 Å². The van der Waals surface area contributed by atoms with Crippen molar-refractivity contribution in [3.05, 3.63) is 55.4 Å². The summed E-state index contributed by atoms with van der Waals surface area (Å²) in [5, 5.41) is 1.02. The van der Waals surface area contributed by atoms with Crippen molar-refractivity contribution in [3.63, 3.8) is 0 Å². The van der Waals surface area contributed by atoms with Crippen LogP contribution in [0.3, 0.4) is 0 Å². The molecule has 4 rings (SSSR count). The lowest BCUT2D eigenvalue weighted by Gasteiger charge is -2.29. The molecule has 6 nitrogen and oxygen atoms in total. The van der Waals surface area contributed by atoms with Crippen LogP contribution in [0.4, 0.5) is 5.82 Å². The fraction of sp³-hybridized carbons (Fsp3) is 0.348. The summed E-state index contributed by atoms with van der Waals surface area (Å²) < 4.78 is 6.60. The van der Waals surface area contributed by atoms with Crippen molar-refractivity contribution in [3.8, 4) is 0 Å². The van der Waals surface area contributed by atoms with E-state index in [4.69, 9.17) is 9.72 Å². The summed E-state index contributed by atoms with van der Waals surface area (Å²) in [6.07, 6.45) is 3.39. The van der Waals surface area contributed by atoms with Gasteiger partial charge in [0.25, 0.3) is 5.56 Å². The normalized spacial score (nSPS) is 16.4. The number of pyridine rings is 1. The number of anilines is 1. The maximum atomic E-state index is 12.6. The maximum absolute atomic E-state index is 12.6. The summed E-state index contributed by atoms with van der Waals surface area (Å²) in [4.78, 5) is 34.8. The lowest BCUT2D eigenvalue weighted by molar-refractivity contribution is -0.119. The Bertz CT molecular complexity index is 1260. The first-order chi connectivity index (χ1) is 14.3. The number of carbonyl (C=O) groups excluding carboxylic acids is 1. The highest BCUT2D eigenvalue weighted by molar-refractivity contribution is 7.07. The number of fused-ring (bicyclic) bond motifs is 1. The van der Waals surface area contributed by atoms with Crippen molar-refractivity contribution in [1.29, 1.82) is 0 Å². The van der Waals surface area contributed by atoms with Gasteiger partial charge in [0.15, 0.2) is 5.78 Å². The molecule has 0 aliphatic carbocycles. The third-order valence-electron chi connectivity index (χ3n) is 5.01. The molecule has 0 unspecified atom stereocenters. The first-order valence-electron chi connectivity index (χ1n) is 10.0. The molecule has 0 radical (unpaired) electrons. The van der Waals surface area contributed by atoms with Gasteiger partial charge in [0, 0.05) is 35.5 Å². The first-order valence-corrected chi connectivity index (χ1v) is 10.8. The van der Waals surface area contributed by atoms with Crippen molar-refractivity contribution in [2.75, 3.05) is 31.2 Å². The number of carbonyl (C=O) groups is 1. The van der Waals surface area contributed by atoms with Gasteiger partial charge in [0.1, 0.15) is 5.82 Å². The number of nitrogens with zero attached hydrogens (tertiary/aromatic N) is 2. The van der Waals surface area contributed by atoms with Crippen LogP contribution in [0.15, 0.2) is 35.1 Å². The second kappa shape index (κ2) is 8.16. The third-order valence-corrected chi connectivity index (χ3v) is 5.97. The van der Waals surface area contributed by atoms with Gasteiger partial charge in [-0.25, -0.2) is 4.98 Å².